The Labute approximate surface area is 114 Å². The van der Waals surface area contributed by atoms with Gasteiger partial charge < -0.3 is 10.2 Å². The van der Waals surface area contributed by atoms with Gasteiger partial charge in [0.15, 0.2) is 0 Å². The number of hydrogen-bond acceptors (Lipinski definition) is 3. The number of fused-ring (bicyclic) bond motifs is 3. The zero-order valence-electron chi connectivity index (χ0n) is 10.3. The van der Waals surface area contributed by atoms with E-state index in [1.165, 1.54) is 12.1 Å². The Hall–Kier alpha value is -1.04. The number of nitrogens with one attached hydrogen (secondary N) is 1. The maximum atomic E-state index is 12.7. The highest BCUT2D eigenvalue weighted by Gasteiger charge is 2.33. The Bertz CT molecular complexity index is 475. The first-order valence-corrected chi connectivity index (χ1v) is 7.51. The summed E-state index contributed by atoms with van der Waals surface area (Å²) < 4.78 is 38.2. The fraction of sp³-hybridized carbons (Fsp3) is 0.538. The minimum atomic E-state index is -4.28. The number of nitrogens with zero attached hydrogens (tertiary/aromatic N) is 1. The van der Waals surface area contributed by atoms with E-state index in [0.29, 0.717) is 11.7 Å². The predicted molar refractivity (Wildman–Crippen MR) is 73.0 cm³/mol. The third-order valence-corrected chi connectivity index (χ3v) is 4.75. The van der Waals surface area contributed by atoms with Crippen LogP contribution in [0.25, 0.3) is 0 Å². The summed E-state index contributed by atoms with van der Waals surface area (Å²) in [5.74, 6) is 2.10. The highest BCUT2D eigenvalue weighted by Crippen LogP contribution is 2.38. The summed E-state index contributed by atoms with van der Waals surface area (Å²) >= 11 is 1.92. The van der Waals surface area contributed by atoms with Gasteiger partial charge in [0.25, 0.3) is 0 Å². The van der Waals surface area contributed by atoms with Crippen molar-refractivity contribution >= 4 is 23.1 Å². The van der Waals surface area contributed by atoms with Gasteiger partial charge in [-0.15, -0.1) is 0 Å². The molecule has 0 bridgehead atoms. The van der Waals surface area contributed by atoms with Crippen LogP contribution < -0.4 is 10.2 Å². The second-order valence-electron chi connectivity index (χ2n) is 4.87. The molecule has 1 unspecified atom stereocenters. The van der Waals surface area contributed by atoms with Gasteiger partial charge in [-0.3, -0.25) is 0 Å². The summed E-state index contributed by atoms with van der Waals surface area (Å²) in [4.78, 5) is 2.26. The molecule has 1 N–H and O–H groups in total. The van der Waals surface area contributed by atoms with Crippen molar-refractivity contribution in [1.82, 2.24) is 0 Å². The molecule has 1 saturated heterocycles. The van der Waals surface area contributed by atoms with Crippen molar-refractivity contribution in [2.75, 3.05) is 34.8 Å². The number of halogens is 3. The van der Waals surface area contributed by atoms with Crippen molar-refractivity contribution < 1.29 is 13.2 Å². The molecule has 2 aliphatic heterocycles. The summed E-state index contributed by atoms with van der Waals surface area (Å²) in [7, 11) is 0. The molecular formula is C13H15F3N2S. The van der Waals surface area contributed by atoms with E-state index in [-0.39, 0.29) is 0 Å². The second kappa shape index (κ2) is 4.81. The number of hydrogen-bond donors (Lipinski definition) is 1. The molecule has 0 saturated carbocycles. The van der Waals surface area contributed by atoms with Crippen molar-refractivity contribution in [3.8, 4) is 0 Å². The number of thioether (sulfide) groups is 1. The first-order valence-electron chi connectivity index (χ1n) is 6.35. The Morgan fingerprint density at radius 2 is 2.16 bits per heavy atom. The van der Waals surface area contributed by atoms with Crippen molar-refractivity contribution in [2.24, 2.45) is 0 Å². The van der Waals surface area contributed by atoms with Crippen LogP contribution in [0.1, 0.15) is 12.0 Å². The monoisotopic (exact) mass is 288 g/mol. The lowest BCUT2D eigenvalue weighted by Gasteiger charge is -2.36. The van der Waals surface area contributed by atoms with Gasteiger partial charge in [-0.2, -0.15) is 24.9 Å². The van der Waals surface area contributed by atoms with Gasteiger partial charge >= 0.3 is 6.18 Å². The van der Waals surface area contributed by atoms with Crippen LogP contribution in [0.2, 0.25) is 0 Å². The van der Waals surface area contributed by atoms with E-state index in [1.807, 2.05) is 11.8 Å². The molecule has 3 rings (SSSR count). The maximum absolute atomic E-state index is 12.7. The fourth-order valence-corrected chi connectivity index (χ4v) is 3.80. The van der Waals surface area contributed by atoms with Gasteiger partial charge in [-0.25, -0.2) is 0 Å². The van der Waals surface area contributed by atoms with Crippen LogP contribution >= 0.6 is 11.8 Å². The summed E-state index contributed by atoms with van der Waals surface area (Å²) in [5, 5.41) is 3.14. The van der Waals surface area contributed by atoms with E-state index < -0.39 is 11.7 Å². The summed E-state index contributed by atoms with van der Waals surface area (Å²) in [6.45, 7) is 1.64. The van der Waals surface area contributed by atoms with Crippen molar-refractivity contribution in [2.45, 2.75) is 18.6 Å². The average Bonchev–Trinajstić information content (AvgIpc) is 2.56. The van der Waals surface area contributed by atoms with Gasteiger partial charge in [0.1, 0.15) is 0 Å². The molecule has 0 radical (unpaired) electrons. The second-order valence-corrected chi connectivity index (χ2v) is 6.02. The summed E-state index contributed by atoms with van der Waals surface area (Å²) in [5.41, 5.74) is 0.948. The van der Waals surface area contributed by atoms with Crippen LogP contribution in [0.4, 0.5) is 24.5 Å². The lowest BCUT2D eigenvalue weighted by Crippen LogP contribution is -2.42. The smallest absolute Gasteiger partial charge is 0.383 e. The molecule has 2 heterocycles. The molecule has 0 spiro atoms. The first-order chi connectivity index (χ1) is 9.05. The lowest BCUT2D eigenvalue weighted by atomic mass is 10.1. The molecule has 104 valence electrons. The van der Waals surface area contributed by atoms with Crippen LogP contribution in [0.15, 0.2) is 18.2 Å². The van der Waals surface area contributed by atoms with Gasteiger partial charge in [-0.05, 0) is 24.6 Å². The van der Waals surface area contributed by atoms with Crippen LogP contribution in [0.5, 0.6) is 0 Å². The van der Waals surface area contributed by atoms with Gasteiger partial charge in [0.2, 0.25) is 0 Å². The van der Waals surface area contributed by atoms with E-state index >= 15 is 0 Å². The highest BCUT2D eigenvalue weighted by atomic mass is 32.2. The Morgan fingerprint density at radius 3 is 2.95 bits per heavy atom. The highest BCUT2D eigenvalue weighted by molar-refractivity contribution is 7.99. The molecule has 0 aromatic heterocycles. The zero-order chi connectivity index (χ0) is 13.5. The normalized spacial score (nSPS) is 23.1. The standard InChI is InChI=1S/C13H15F3N2S/c14-13(15,16)9-1-2-12-11(7-9)17-4-3-10-8-19-6-5-18(10)12/h1-2,7,10,17H,3-6,8H2. The zero-order valence-corrected chi connectivity index (χ0v) is 11.2. The largest absolute Gasteiger partial charge is 0.416 e. The van der Waals surface area contributed by atoms with Gasteiger partial charge in [0, 0.05) is 30.6 Å². The minimum Gasteiger partial charge on any atom is -0.383 e. The molecule has 1 aromatic rings. The van der Waals surface area contributed by atoms with Crippen LogP contribution in [-0.4, -0.2) is 30.6 Å². The maximum Gasteiger partial charge on any atom is 0.416 e. The van der Waals surface area contributed by atoms with E-state index in [9.17, 15) is 13.2 Å². The quantitative estimate of drug-likeness (QED) is 0.787. The van der Waals surface area contributed by atoms with Crippen molar-refractivity contribution in [1.29, 1.82) is 0 Å². The number of anilines is 2. The van der Waals surface area contributed by atoms with Gasteiger partial charge in [-0.1, -0.05) is 0 Å². The average molecular weight is 288 g/mol. The molecule has 2 aliphatic rings. The van der Waals surface area contributed by atoms with Crippen LogP contribution in [0, 0.1) is 0 Å². The van der Waals surface area contributed by atoms with Gasteiger partial charge in [0.05, 0.1) is 16.9 Å². The molecule has 1 aromatic carbocycles. The molecule has 0 aliphatic carbocycles. The van der Waals surface area contributed by atoms with Crippen molar-refractivity contribution in [3.63, 3.8) is 0 Å². The number of benzene rings is 1. The molecule has 2 nitrogen and oxygen atoms in total. The third kappa shape index (κ3) is 2.50. The Kier molecular flexibility index (Phi) is 3.28. The minimum absolute atomic E-state index is 0.434. The van der Waals surface area contributed by atoms with E-state index in [4.69, 9.17) is 0 Å². The van der Waals surface area contributed by atoms with E-state index in [1.54, 1.807) is 6.07 Å². The fourth-order valence-electron chi connectivity index (χ4n) is 2.69. The van der Waals surface area contributed by atoms with E-state index in [2.05, 4.69) is 10.2 Å². The molecule has 19 heavy (non-hydrogen) atoms. The summed E-state index contributed by atoms with van der Waals surface area (Å²) in [6, 6.07) is 4.47. The number of alkyl halides is 3. The number of rotatable bonds is 0. The van der Waals surface area contributed by atoms with Crippen molar-refractivity contribution in [3.05, 3.63) is 23.8 Å². The SMILES string of the molecule is FC(F)(F)c1ccc2c(c1)NCCC1CSCCN21. The van der Waals surface area contributed by atoms with E-state index in [0.717, 1.165) is 36.7 Å². The summed E-state index contributed by atoms with van der Waals surface area (Å²) in [6.07, 6.45) is -3.30. The molecule has 1 atom stereocenters. The molecule has 0 amide bonds. The Morgan fingerprint density at radius 1 is 1.32 bits per heavy atom. The topological polar surface area (TPSA) is 15.3 Å². The Balaban J connectivity index is 1.99. The predicted octanol–water partition coefficient (Wildman–Crippen LogP) is 3.44. The first kappa shape index (κ1) is 13.0. The van der Waals surface area contributed by atoms with Crippen LogP contribution in [0.3, 0.4) is 0 Å². The third-order valence-electron chi connectivity index (χ3n) is 3.65. The molecule has 6 heteroatoms. The lowest BCUT2D eigenvalue weighted by molar-refractivity contribution is -0.137. The molecule has 1 fully saturated rings. The van der Waals surface area contributed by atoms with Crippen LogP contribution in [-0.2, 0) is 6.18 Å². The molecular weight excluding hydrogens is 273 g/mol.